The van der Waals surface area contributed by atoms with Gasteiger partial charge in [0.25, 0.3) is 0 Å². The van der Waals surface area contributed by atoms with Crippen LogP contribution in [-0.4, -0.2) is 22.4 Å². The van der Waals surface area contributed by atoms with E-state index in [0.717, 1.165) is 16.7 Å². The first-order valence-electron chi connectivity index (χ1n) is 9.66. The van der Waals surface area contributed by atoms with Crippen LogP contribution in [-0.2, 0) is 11.2 Å². The number of pyridine rings is 1. The second-order valence-corrected chi connectivity index (χ2v) is 8.29. The van der Waals surface area contributed by atoms with Crippen molar-refractivity contribution in [2.75, 3.05) is 5.32 Å². The van der Waals surface area contributed by atoms with Crippen LogP contribution in [0.4, 0.5) is 5.69 Å². The molecule has 152 valence electrons. The quantitative estimate of drug-likeness (QED) is 0.505. The molecule has 0 spiro atoms. The first-order valence-corrected chi connectivity index (χ1v) is 9.66. The highest BCUT2D eigenvalue weighted by Gasteiger charge is 2.14. The number of carbonyl (C=O) groups is 2. The third kappa shape index (κ3) is 6.79. The fourth-order valence-corrected chi connectivity index (χ4v) is 2.66. The number of rotatable bonds is 7. The zero-order valence-corrected chi connectivity index (χ0v) is 17.8. The molecule has 0 saturated carbocycles. The van der Waals surface area contributed by atoms with E-state index in [4.69, 9.17) is 5.41 Å². The molecule has 0 bridgehead atoms. The number of aryl methyl sites for hydroxylation is 1. The van der Waals surface area contributed by atoms with Gasteiger partial charge in [-0.1, -0.05) is 44.5 Å². The normalized spacial score (nSPS) is 11.8. The van der Waals surface area contributed by atoms with Gasteiger partial charge in [0, 0.05) is 24.0 Å². The number of carbonyl (C=O) groups excluding carboxylic acids is 2. The monoisotopic (exact) mass is 391 g/mol. The summed E-state index contributed by atoms with van der Waals surface area (Å²) in [7, 11) is 0. The van der Waals surface area contributed by atoms with Crippen molar-refractivity contribution in [3.8, 4) is 0 Å². The van der Waals surface area contributed by atoms with Crippen molar-refractivity contribution in [2.24, 2.45) is 5.41 Å². The number of allylic oxidation sites excluding steroid dienone is 2. The molecule has 1 heterocycles. The van der Waals surface area contributed by atoms with Crippen LogP contribution >= 0.6 is 0 Å². The Hall–Kier alpha value is -3.08. The highest BCUT2D eigenvalue weighted by atomic mass is 16.1. The molecule has 0 fully saturated rings. The Bertz CT molecular complexity index is 935. The van der Waals surface area contributed by atoms with Gasteiger partial charge in [-0.05, 0) is 54.7 Å². The van der Waals surface area contributed by atoms with Crippen molar-refractivity contribution >= 4 is 23.1 Å². The number of ketones is 1. The Morgan fingerprint density at radius 2 is 1.79 bits per heavy atom. The summed E-state index contributed by atoms with van der Waals surface area (Å²) >= 11 is 0. The minimum atomic E-state index is -0.235. The summed E-state index contributed by atoms with van der Waals surface area (Å²) in [6.07, 6.45) is 3.66. The Balaban J connectivity index is 1.93. The number of hydrogen-bond acceptors (Lipinski definition) is 4. The fourth-order valence-electron chi connectivity index (χ4n) is 2.66. The molecule has 29 heavy (non-hydrogen) atoms. The molecule has 0 aliphatic carbocycles. The van der Waals surface area contributed by atoms with Gasteiger partial charge in [0.05, 0.1) is 6.42 Å². The largest absolute Gasteiger partial charge is 0.326 e. The maximum Gasteiger partial charge on any atom is 0.230 e. The molecule has 5 nitrogen and oxygen atoms in total. The van der Waals surface area contributed by atoms with E-state index in [9.17, 15) is 9.59 Å². The summed E-state index contributed by atoms with van der Waals surface area (Å²) in [5.41, 5.74) is 4.17. The number of benzene rings is 1. The summed E-state index contributed by atoms with van der Waals surface area (Å²) in [5, 5.41) is 10.8. The SMILES string of the molecule is C/C(=C\C(=N)CC(=O)Nc1ccc(CC(=O)c2ncccc2C)cc1)C(C)(C)C. The molecule has 1 amide bonds. The van der Waals surface area contributed by atoms with Crippen LogP contribution in [0.2, 0.25) is 0 Å². The number of anilines is 1. The molecule has 2 N–H and O–H groups in total. The van der Waals surface area contributed by atoms with E-state index in [2.05, 4.69) is 31.1 Å². The first kappa shape index (κ1) is 22.2. The standard InChI is InChI=1S/C24H29N3O2/c1-16-7-6-12-26-23(16)21(28)14-18-8-10-20(11-9-18)27-22(29)15-19(25)13-17(2)24(3,4)5/h6-13,25H,14-15H2,1-5H3,(H,27,29)/b17-13+,25-19?. The van der Waals surface area contributed by atoms with Crippen LogP contribution in [0, 0.1) is 17.7 Å². The second kappa shape index (κ2) is 9.41. The highest BCUT2D eigenvalue weighted by Crippen LogP contribution is 2.24. The van der Waals surface area contributed by atoms with Crippen molar-refractivity contribution in [3.63, 3.8) is 0 Å². The maximum absolute atomic E-state index is 12.4. The average molecular weight is 392 g/mol. The van der Waals surface area contributed by atoms with Crippen LogP contribution in [0.5, 0.6) is 0 Å². The van der Waals surface area contributed by atoms with Gasteiger partial charge in [0.2, 0.25) is 5.91 Å². The van der Waals surface area contributed by atoms with E-state index in [-0.39, 0.29) is 35.7 Å². The topological polar surface area (TPSA) is 82.9 Å². The first-order chi connectivity index (χ1) is 13.6. The lowest BCUT2D eigenvalue weighted by Gasteiger charge is -2.19. The molecule has 0 aliphatic heterocycles. The van der Waals surface area contributed by atoms with Gasteiger partial charge in [-0.25, -0.2) is 0 Å². The fraction of sp³-hybridized carbons (Fsp3) is 0.333. The molecule has 0 unspecified atom stereocenters. The number of hydrogen-bond donors (Lipinski definition) is 2. The molecule has 1 aromatic carbocycles. The van der Waals surface area contributed by atoms with E-state index in [1.165, 1.54) is 0 Å². The molecule has 0 aliphatic rings. The molecular weight excluding hydrogens is 362 g/mol. The van der Waals surface area contributed by atoms with Gasteiger partial charge in [-0.2, -0.15) is 0 Å². The number of nitrogens with zero attached hydrogens (tertiary/aromatic N) is 1. The summed E-state index contributed by atoms with van der Waals surface area (Å²) in [6, 6.07) is 10.9. The van der Waals surface area contributed by atoms with Crippen LogP contribution in [0.3, 0.4) is 0 Å². The van der Waals surface area contributed by atoms with Gasteiger partial charge >= 0.3 is 0 Å². The number of amides is 1. The van der Waals surface area contributed by atoms with Crippen molar-refractivity contribution in [1.82, 2.24) is 4.98 Å². The Kier molecular flexibility index (Phi) is 7.21. The van der Waals surface area contributed by atoms with E-state index >= 15 is 0 Å². The molecule has 5 heteroatoms. The van der Waals surface area contributed by atoms with Crippen LogP contribution in [0.25, 0.3) is 0 Å². The van der Waals surface area contributed by atoms with Crippen molar-refractivity contribution in [1.29, 1.82) is 5.41 Å². The Morgan fingerprint density at radius 1 is 1.14 bits per heavy atom. The number of Topliss-reactive ketones (excluding diaryl/α,β-unsaturated/α-hetero) is 1. The van der Waals surface area contributed by atoms with Gasteiger partial charge in [0.1, 0.15) is 5.69 Å². The molecular formula is C24H29N3O2. The highest BCUT2D eigenvalue weighted by molar-refractivity contribution is 6.09. The minimum Gasteiger partial charge on any atom is -0.326 e. The third-order valence-corrected chi connectivity index (χ3v) is 4.80. The second-order valence-electron chi connectivity index (χ2n) is 8.29. The van der Waals surface area contributed by atoms with Crippen LogP contribution in [0.15, 0.2) is 54.2 Å². The predicted octanol–water partition coefficient (Wildman–Crippen LogP) is 5.16. The summed E-state index contributed by atoms with van der Waals surface area (Å²) < 4.78 is 0. The van der Waals surface area contributed by atoms with Gasteiger partial charge in [0.15, 0.2) is 5.78 Å². The lowest BCUT2D eigenvalue weighted by atomic mass is 9.86. The molecule has 0 atom stereocenters. The van der Waals surface area contributed by atoms with E-state index in [1.54, 1.807) is 24.4 Å². The Labute approximate surface area is 172 Å². The average Bonchev–Trinajstić information content (AvgIpc) is 2.62. The maximum atomic E-state index is 12.4. The van der Waals surface area contributed by atoms with Crippen LogP contribution < -0.4 is 5.32 Å². The molecule has 0 saturated heterocycles. The third-order valence-electron chi connectivity index (χ3n) is 4.80. The van der Waals surface area contributed by atoms with Crippen molar-refractivity contribution in [2.45, 2.75) is 47.5 Å². The number of nitrogens with one attached hydrogen (secondary N) is 2. The zero-order chi connectivity index (χ0) is 21.6. The lowest BCUT2D eigenvalue weighted by Crippen LogP contribution is -2.16. The zero-order valence-electron chi connectivity index (χ0n) is 17.8. The smallest absolute Gasteiger partial charge is 0.230 e. The van der Waals surface area contributed by atoms with Crippen LogP contribution in [0.1, 0.15) is 55.7 Å². The summed E-state index contributed by atoms with van der Waals surface area (Å²) in [6.45, 7) is 10.1. The van der Waals surface area contributed by atoms with Crippen molar-refractivity contribution in [3.05, 3.63) is 71.1 Å². The summed E-state index contributed by atoms with van der Waals surface area (Å²) in [4.78, 5) is 28.8. The molecule has 2 aromatic rings. The van der Waals surface area contributed by atoms with Crippen molar-refractivity contribution < 1.29 is 9.59 Å². The molecule has 0 radical (unpaired) electrons. The summed E-state index contributed by atoms with van der Waals surface area (Å²) in [5.74, 6) is -0.268. The van der Waals surface area contributed by atoms with E-state index < -0.39 is 0 Å². The van der Waals surface area contributed by atoms with Gasteiger partial charge < -0.3 is 10.7 Å². The van der Waals surface area contributed by atoms with E-state index in [0.29, 0.717) is 11.4 Å². The molecule has 2 rings (SSSR count). The molecule has 1 aromatic heterocycles. The van der Waals surface area contributed by atoms with Gasteiger partial charge in [-0.15, -0.1) is 0 Å². The number of aromatic nitrogens is 1. The lowest BCUT2D eigenvalue weighted by molar-refractivity contribution is -0.115. The van der Waals surface area contributed by atoms with Gasteiger partial charge in [-0.3, -0.25) is 14.6 Å². The predicted molar refractivity (Wildman–Crippen MR) is 118 cm³/mol. The van der Waals surface area contributed by atoms with E-state index in [1.807, 2.05) is 38.1 Å². The minimum absolute atomic E-state index is 0.0204. The Morgan fingerprint density at radius 3 is 2.38 bits per heavy atom.